The quantitative estimate of drug-likeness (QED) is 0.506. The highest BCUT2D eigenvalue weighted by Gasteiger charge is 2.24. The highest BCUT2D eigenvalue weighted by molar-refractivity contribution is 7.84. The van der Waals surface area contributed by atoms with Gasteiger partial charge in [-0.2, -0.15) is 8.42 Å². The van der Waals surface area contributed by atoms with Crippen LogP contribution in [0.15, 0.2) is 0 Å². The van der Waals surface area contributed by atoms with Gasteiger partial charge in [-0.1, -0.05) is 0 Å². The van der Waals surface area contributed by atoms with E-state index in [-0.39, 0.29) is 12.7 Å². The number of ether oxygens (including phenoxy) is 1. The second kappa shape index (κ2) is 2.22. The molecule has 1 unspecified atom stereocenters. The van der Waals surface area contributed by atoms with E-state index in [4.69, 9.17) is 0 Å². The minimum atomic E-state index is -3.76. The van der Waals surface area contributed by atoms with Crippen LogP contribution in [0.3, 0.4) is 0 Å². The molecule has 0 aromatic rings. The van der Waals surface area contributed by atoms with Crippen molar-refractivity contribution in [1.29, 1.82) is 0 Å². The van der Waals surface area contributed by atoms with E-state index in [1.54, 1.807) is 0 Å². The fourth-order valence-corrected chi connectivity index (χ4v) is 0.676. The maximum atomic E-state index is 10.1. The number of hydrogen-bond donors (Lipinski definition) is 1. The SMILES string of the molecule is NS(=O)(=O)OCC1CO1. The van der Waals surface area contributed by atoms with Gasteiger partial charge < -0.3 is 4.74 Å². The van der Waals surface area contributed by atoms with Gasteiger partial charge in [-0.3, -0.25) is 4.18 Å². The van der Waals surface area contributed by atoms with Crippen molar-refractivity contribution in [2.45, 2.75) is 6.10 Å². The average Bonchev–Trinajstić information content (AvgIpc) is 2.38. The molecule has 0 aromatic heterocycles. The van der Waals surface area contributed by atoms with Crippen molar-refractivity contribution in [1.82, 2.24) is 0 Å². The summed E-state index contributed by atoms with van der Waals surface area (Å²) in [7, 11) is -3.76. The summed E-state index contributed by atoms with van der Waals surface area (Å²) in [4.78, 5) is 0. The predicted molar refractivity (Wildman–Crippen MR) is 28.8 cm³/mol. The number of nitrogens with two attached hydrogens (primary N) is 1. The second-order valence-electron chi connectivity index (χ2n) is 1.73. The van der Waals surface area contributed by atoms with Crippen LogP contribution >= 0.6 is 0 Å². The van der Waals surface area contributed by atoms with E-state index in [9.17, 15) is 8.42 Å². The van der Waals surface area contributed by atoms with Crippen molar-refractivity contribution in [3.63, 3.8) is 0 Å². The molecule has 0 saturated carbocycles. The third-order valence-corrected chi connectivity index (χ3v) is 1.29. The van der Waals surface area contributed by atoms with Gasteiger partial charge >= 0.3 is 10.3 Å². The van der Waals surface area contributed by atoms with Gasteiger partial charge in [-0.05, 0) is 0 Å². The van der Waals surface area contributed by atoms with Gasteiger partial charge in [0.2, 0.25) is 0 Å². The molecule has 2 N–H and O–H groups in total. The minimum absolute atomic E-state index is 0.0405. The summed E-state index contributed by atoms with van der Waals surface area (Å²) >= 11 is 0. The number of hydrogen-bond acceptors (Lipinski definition) is 4. The summed E-state index contributed by atoms with van der Waals surface area (Å²) in [5.41, 5.74) is 0. The first-order chi connectivity index (χ1) is 4.08. The lowest BCUT2D eigenvalue weighted by Crippen LogP contribution is -2.18. The molecule has 9 heavy (non-hydrogen) atoms. The van der Waals surface area contributed by atoms with E-state index in [0.29, 0.717) is 6.61 Å². The van der Waals surface area contributed by atoms with Crippen LogP contribution < -0.4 is 5.14 Å². The van der Waals surface area contributed by atoms with Crippen LogP contribution in [-0.2, 0) is 19.2 Å². The molecule has 1 fully saturated rings. The van der Waals surface area contributed by atoms with E-state index in [1.165, 1.54) is 0 Å². The summed E-state index contributed by atoms with van der Waals surface area (Å²) in [5, 5.41) is 4.51. The maximum Gasteiger partial charge on any atom is 0.333 e. The third-order valence-electron chi connectivity index (χ3n) is 0.821. The van der Waals surface area contributed by atoms with E-state index < -0.39 is 10.3 Å². The standard InChI is InChI=1S/C3H7NO4S/c4-9(5,6)8-2-3-1-7-3/h3H,1-2H2,(H2,4,5,6). The van der Waals surface area contributed by atoms with E-state index in [0.717, 1.165) is 0 Å². The van der Waals surface area contributed by atoms with Crippen LogP contribution in [-0.4, -0.2) is 27.7 Å². The lowest BCUT2D eigenvalue weighted by atomic mass is 10.5. The van der Waals surface area contributed by atoms with E-state index in [1.807, 2.05) is 0 Å². The Balaban J connectivity index is 2.18. The third kappa shape index (κ3) is 3.41. The molecule has 0 amide bonds. The first-order valence-electron chi connectivity index (χ1n) is 2.37. The summed E-state index contributed by atoms with van der Waals surface area (Å²) in [5.74, 6) is 0. The lowest BCUT2D eigenvalue weighted by Gasteiger charge is -1.93. The molecule has 1 saturated heterocycles. The Labute approximate surface area is 53.0 Å². The van der Waals surface area contributed by atoms with Crippen molar-refractivity contribution < 1.29 is 17.3 Å². The molecule has 0 radical (unpaired) electrons. The van der Waals surface area contributed by atoms with Gasteiger partial charge in [0.05, 0.1) is 13.2 Å². The molecule has 54 valence electrons. The largest absolute Gasteiger partial charge is 0.371 e. The zero-order valence-corrected chi connectivity index (χ0v) is 5.43. The highest BCUT2D eigenvalue weighted by Crippen LogP contribution is 2.08. The molecule has 6 heteroatoms. The molecule has 0 spiro atoms. The molecule has 1 aliphatic heterocycles. The zero-order chi connectivity index (χ0) is 6.91. The van der Waals surface area contributed by atoms with E-state index >= 15 is 0 Å². The highest BCUT2D eigenvalue weighted by atomic mass is 32.2. The van der Waals surface area contributed by atoms with Crippen LogP contribution in [0.5, 0.6) is 0 Å². The van der Waals surface area contributed by atoms with Gasteiger partial charge in [-0.25, -0.2) is 5.14 Å². The normalized spacial score (nSPS) is 26.1. The summed E-state index contributed by atoms with van der Waals surface area (Å²) < 4.78 is 29.0. The molecule has 0 aromatic carbocycles. The maximum absolute atomic E-state index is 10.1. The molecule has 1 atom stereocenters. The Bertz CT molecular complexity index is 182. The average molecular weight is 153 g/mol. The summed E-state index contributed by atoms with van der Waals surface area (Å²) in [6.45, 7) is 0.606. The minimum Gasteiger partial charge on any atom is -0.371 e. The molecule has 1 rings (SSSR count). The van der Waals surface area contributed by atoms with Gasteiger partial charge in [0, 0.05) is 0 Å². The molecule has 1 aliphatic rings. The Morgan fingerprint density at radius 1 is 1.78 bits per heavy atom. The fourth-order valence-electron chi connectivity index (χ4n) is 0.335. The van der Waals surface area contributed by atoms with Gasteiger partial charge in [0.15, 0.2) is 0 Å². The van der Waals surface area contributed by atoms with Crippen molar-refractivity contribution >= 4 is 10.3 Å². The molecule has 1 heterocycles. The van der Waals surface area contributed by atoms with Gasteiger partial charge in [0.25, 0.3) is 0 Å². The number of epoxide rings is 1. The first kappa shape index (κ1) is 6.94. The van der Waals surface area contributed by atoms with Crippen molar-refractivity contribution in [2.75, 3.05) is 13.2 Å². The Morgan fingerprint density at radius 2 is 2.33 bits per heavy atom. The van der Waals surface area contributed by atoms with Crippen molar-refractivity contribution in [2.24, 2.45) is 5.14 Å². The van der Waals surface area contributed by atoms with Crippen LogP contribution in [0, 0.1) is 0 Å². The Morgan fingerprint density at radius 3 is 2.67 bits per heavy atom. The summed E-state index contributed by atoms with van der Waals surface area (Å²) in [6, 6.07) is 0. The summed E-state index contributed by atoms with van der Waals surface area (Å²) in [6.07, 6.45) is -0.0664. The monoisotopic (exact) mass is 153 g/mol. The Hall–Kier alpha value is -0.170. The van der Waals surface area contributed by atoms with Crippen molar-refractivity contribution in [3.8, 4) is 0 Å². The smallest absolute Gasteiger partial charge is 0.333 e. The first-order valence-corrected chi connectivity index (χ1v) is 3.84. The number of rotatable bonds is 3. The lowest BCUT2D eigenvalue weighted by molar-refractivity contribution is 0.267. The Kier molecular flexibility index (Phi) is 1.71. The predicted octanol–water partition coefficient (Wildman–Crippen LogP) is -1.39. The molecule has 0 bridgehead atoms. The molecule has 5 nitrogen and oxygen atoms in total. The second-order valence-corrected chi connectivity index (χ2v) is 2.95. The molecular weight excluding hydrogens is 146 g/mol. The topological polar surface area (TPSA) is 81.9 Å². The van der Waals surface area contributed by atoms with Crippen LogP contribution in [0.25, 0.3) is 0 Å². The van der Waals surface area contributed by atoms with Crippen LogP contribution in [0.4, 0.5) is 0 Å². The zero-order valence-electron chi connectivity index (χ0n) is 4.61. The van der Waals surface area contributed by atoms with Crippen LogP contribution in [0.2, 0.25) is 0 Å². The molecule has 0 aliphatic carbocycles. The molecular formula is C3H7NO4S. The van der Waals surface area contributed by atoms with Crippen LogP contribution in [0.1, 0.15) is 0 Å². The fraction of sp³-hybridized carbons (Fsp3) is 1.00. The van der Waals surface area contributed by atoms with Crippen molar-refractivity contribution in [3.05, 3.63) is 0 Å². The van der Waals surface area contributed by atoms with E-state index in [2.05, 4.69) is 14.1 Å². The van der Waals surface area contributed by atoms with Gasteiger partial charge in [0.1, 0.15) is 6.10 Å². The van der Waals surface area contributed by atoms with Gasteiger partial charge in [-0.15, -0.1) is 0 Å².